The predicted octanol–water partition coefficient (Wildman–Crippen LogP) is 4.77. The maximum absolute atomic E-state index is 15.0. The Kier molecular flexibility index (Phi) is 7.04. The van der Waals surface area contributed by atoms with Crippen molar-refractivity contribution in [2.75, 3.05) is 19.8 Å². The van der Waals surface area contributed by atoms with Crippen LogP contribution in [-0.4, -0.2) is 31.6 Å². The Hall–Kier alpha value is -3.25. The number of esters is 1. The molecule has 5 nitrogen and oxygen atoms in total. The molecule has 172 valence electrons. The highest BCUT2D eigenvalue weighted by atomic mass is 19.1. The van der Waals surface area contributed by atoms with E-state index in [1.807, 2.05) is 37.3 Å². The number of halogens is 1. The minimum atomic E-state index is -0.814. The molecule has 0 spiro atoms. The number of dihydropyridines is 1. The lowest BCUT2D eigenvalue weighted by atomic mass is 9.71. The summed E-state index contributed by atoms with van der Waals surface area (Å²) in [6.45, 7) is 4.51. The molecule has 1 N–H and O–H groups in total. The molecule has 0 bridgehead atoms. The van der Waals surface area contributed by atoms with Crippen molar-refractivity contribution in [2.24, 2.45) is 0 Å². The van der Waals surface area contributed by atoms with E-state index in [4.69, 9.17) is 9.47 Å². The molecule has 0 saturated heterocycles. The predicted molar refractivity (Wildman–Crippen MR) is 123 cm³/mol. The summed E-state index contributed by atoms with van der Waals surface area (Å²) in [6.07, 6.45) is 0.918. The van der Waals surface area contributed by atoms with E-state index in [0.717, 1.165) is 11.3 Å². The van der Waals surface area contributed by atoms with E-state index >= 15 is 0 Å². The lowest BCUT2D eigenvalue weighted by molar-refractivity contribution is -0.140. The molecule has 2 atom stereocenters. The molecule has 33 heavy (non-hydrogen) atoms. The summed E-state index contributed by atoms with van der Waals surface area (Å²) in [5, 5.41) is 3.28. The van der Waals surface area contributed by atoms with Gasteiger partial charge in [0.15, 0.2) is 5.78 Å². The van der Waals surface area contributed by atoms with Crippen molar-refractivity contribution >= 4 is 11.8 Å². The van der Waals surface area contributed by atoms with E-state index in [0.29, 0.717) is 36.3 Å². The topological polar surface area (TPSA) is 64.6 Å². The fraction of sp³-hybridized carbons (Fsp3) is 0.333. The van der Waals surface area contributed by atoms with Gasteiger partial charge in [0.2, 0.25) is 0 Å². The fourth-order valence-electron chi connectivity index (χ4n) is 4.71. The van der Waals surface area contributed by atoms with E-state index in [9.17, 15) is 14.0 Å². The number of benzene rings is 2. The number of carbonyl (C=O) groups is 2. The normalized spacial score (nSPS) is 20.4. The van der Waals surface area contributed by atoms with Crippen LogP contribution in [0, 0.1) is 5.82 Å². The van der Waals surface area contributed by atoms with Gasteiger partial charge in [0.1, 0.15) is 12.4 Å². The first kappa shape index (κ1) is 22.9. The molecule has 1 aliphatic heterocycles. The molecule has 0 unspecified atom stereocenters. The van der Waals surface area contributed by atoms with Crippen molar-refractivity contribution < 1.29 is 23.5 Å². The summed E-state index contributed by atoms with van der Waals surface area (Å²) in [5.74, 6) is -1.90. The Morgan fingerprint density at radius 1 is 1.06 bits per heavy atom. The van der Waals surface area contributed by atoms with Gasteiger partial charge in [0.25, 0.3) is 0 Å². The van der Waals surface area contributed by atoms with Crippen LogP contribution in [0.2, 0.25) is 0 Å². The van der Waals surface area contributed by atoms with Crippen LogP contribution in [-0.2, 0) is 19.1 Å². The maximum atomic E-state index is 15.0. The van der Waals surface area contributed by atoms with Crippen molar-refractivity contribution in [2.45, 2.75) is 38.5 Å². The zero-order chi connectivity index (χ0) is 23.4. The van der Waals surface area contributed by atoms with Gasteiger partial charge in [-0.05, 0) is 37.8 Å². The molecule has 2 aromatic rings. The molecule has 0 radical (unpaired) electrons. The molecule has 0 fully saturated rings. The molecular formula is C27H28FNO4. The van der Waals surface area contributed by atoms with Gasteiger partial charge in [0, 0.05) is 35.6 Å². The quantitative estimate of drug-likeness (QED) is 0.487. The molecule has 1 aliphatic carbocycles. The first-order valence-electron chi connectivity index (χ1n) is 11.3. The van der Waals surface area contributed by atoms with E-state index in [2.05, 4.69) is 5.32 Å². The third-order valence-electron chi connectivity index (χ3n) is 6.20. The minimum absolute atomic E-state index is 0.0266. The van der Waals surface area contributed by atoms with E-state index in [1.54, 1.807) is 25.1 Å². The van der Waals surface area contributed by atoms with Crippen LogP contribution in [0.5, 0.6) is 0 Å². The van der Waals surface area contributed by atoms with Gasteiger partial charge < -0.3 is 14.8 Å². The monoisotopic (exact) mass is 449 g/mol. The molecule has 0 aromatic heterocycles. The Bertz CT molecular complexity index is 1110. The molecule has 0 amide bonds. The maximum Gasteiger partial charge on any atom is 0.336 e. The van der Waals surface area contributed by atoms with Gasteiger partial charge >= 0.3 is 5.97 Å². The smallest absolute Gasteiger partial charge is 0.336 e. The van der Waals surface area contributed by atoms with Crippen LogP contribution in [0.3, 0.4) is 0 Å². The number of hydrogen-bond donors (Lipinski definition) is 1. The number of Topliss-reactive ketones (excluding diaryl/α,β-unsaturated/α-hetero) is 1. The van der Waals surface area contributed by atoms with Gasteiger partial charge in [-0.25, -0.2) is 9.18 Å². The second kappa shape index (κ2) is 10.1. The third-order valence-corrected chi connectivity index (χ3v) is 6.20. The first-order chi connectivity index (χ1) is 16.0. The van der Waals surface area contributed by atoms with Crippen LogP contribution in [0.4, 0.5) is 4.39 Å². The lowest BCUT2D eigenvalue weighted by Gasteiger charge is -2.36. The van der Waals surface area contributed by atoms with Gasteiger partial charge in [-0.3, -0.25) is 4.79 Å². The highest BCUT2D eigenvalue weighted by molar-refractivity contribution is 6.04. The molecule has 2 aromatic carbocycles. The van der Waals surface area contributed by atoms with Crippen LogP contribution in [0.15, 0.2) is 77.1 Å². The summed E-state index contributed by atoms with van der Waals surface area (Å²) in [6, 6.07) is 16.2. The third kappa shape index (κ3) is 4.76. The number of allylic oxidation sites excluding steroid dienone is 3. The standard InChI is InChI=1S/C27H28FNO4/c1-3-32-13-14-33-27(31)24-17(2)29-22-15-19(18-9-5-4-6-10-18)16-23(30)26(22)25(24)20-11-7-8-12-21(20)28/h4-12,19,25,29H,3,13-16H2,1-2H3/t19-,25-/m0/s1. The van der Waals surface area contributed by atoms with Crippen molar-refractivity contribution in [3.63, 3.8) is 0 Å². The average molecular weight is 450 g/mol. The van der Waals surface area contributed by atoms with E-state index in [1.165, 1.54) is 6.07 Å². The number of hydrogen-bond acceptors (Lipinski definition) is 5. The summed E-state index contributed by atoms with van der Waals surface area (Å²) >= 11 is 0. The molecule has 0 saturated carbocycles. The Morgan fingerprint density at radius 2 is 1.79 bits per heavy atom. The van der Waals surface area contributed by atoms with E-state index in [-0.39, 0.29) is 30.5 Å². The van der Waals surface area contributed by atoms with Gasteiger partial charge in [-0.2, -0.15) is 0 Å². The van der Waals surface area contributed by atoms with Crippen LogP contribution in [0.25, 0.3) is 0 Å². The summed E-state index contributed by atoms with van der Waals surface area (Å²) < 4.78 is 25.7. The molecule has 1 heterocycles. The fourth-order valence-corrected chi connectivity index (χ4v) is 4.71. The van der Waals surface area contributed by atoms with Crippen molar-refractivity contribution in [1.29, 1.82) is 0 Å². The summed E-state index contributed by atoms with van der Waals surface area (Å²) in [7, 11) is 0. The highest BCUT2D eigenvalue weighted by Crippen LogP contribution is 2.46. The Balaban J connectivity index is 1.73. The number of ether oxygens (including phenoxy) is 2. The van der Waals surface area contributed by atoms with Crippen molar-refractivity contribution in [1.82, 2.24) is 5.32 Å². The van der Waals surface area contributed by atoms with Crippen LogP contribution in [0.1, 0.15) is 49.7 Å². The number of carbonyl (C=O) groups excluding carboxylic acids is 2. The average Bonchev–Trinajstić information content (AvgIpc) is 2.81. The zero-order valence-electron chi connectivity index (χ0n) is 18.9. The lowest BCUT2D eigenvalue weighted by Crippen LogP contribution is -2.36. The van der Waals surface area contributed by atoms with Crippen LogP contribution < -0.4 is 5.32 Å². The highest BCUT2D eigenvalue weighted by Gasteiger charge is 2.42. The number of ketones is 1. The zero-order valence-corrected chi connectivity index (χ0v) is 18.9. The Labute approximate surface area is 193 Å². The number of rotatable bonds is 7. The molecule has 2 aliphatic rings. The molecule has 6 heteroatoms. The van der Waals surface area contributed by atoms with Gasteiger partial charge in [-0.15, -0.1) is 0 Å². The second-order valence-corrected chi connectivity index (χ2v) is 8.28. The van der Waals surface area contributed by atoms with Crippen LogP contribution >= 0.6 is 0 Å². The van der Waals surface area contributed by atoms with Crippen molar-refractivity contribution in [3.05, 3.63) is 94.1 Å². The molecule has 4 rings (SSSR count). The first-order valence-corrected chi connectivity index (χ1v) is 11.3. The second-order valence-electron chi connectivity index (χ2n) is 8.28. The molecular weight excluding hydrogens is 421 g/mol. The Morgan fingerprint density at radius 3 is 2.52 bits per heavy atom. The largest absolute Gasteiger partial charge is 0.460 e. The minimum Gasteiger partial charge on any atom is -0.460 e. The van der Waals surface area contributed by atoms with Crippen molar-refractivity contribution in [3.8, 4) is 0 Å². The summed E-state index contributed by atoms with van der Waals surface area (Å²) in [4.78, 5) is 26.6. The number of nitrogens with one attached hydrogen (secondary N) is 1. The van der Waals surface area contributed by atoms with Gasteiger partial charge in [0.05, 0.1) is 18.1 Å². The van der Waals surface area contributed by atoms with Gasteiger partial charge in [-0.1, -0.05) is 48.5 Å². The SMILES string of the molecule is CCOCCOC(=O)C1=C(C)NC2=C(C(=O)C[C@@H](c3ccccc3)C2)[C@H]1c1ccccc1F. The van der Waals surface area contributed by atoms with E-state index < -0.39 is 17.7 Å². The summed E-state index contributed by atoms with van der Waals surface area (Å²) in [5.41, 5.74) is 3.43.